The number of nitro groups is 1. The van der Waals surface area contributed by atoms with E-state index >= 15 is 0 Å². The Morgan fingerprint density at radius 1 is 1.14 bits per heavy atom. The van der Waals surface area contributed by atoms with Gasteiger partial charge in [0.15, 0.2) is 0 Å². The molecule has 21 heavy (non-hydrogen) atoms. The number of hydrogen-bond donors (Lipinski definition) is 1. The van der Waals surface area contributed by atoms with Crippen molar-refractivity contribution < 1.29 is 9.66 Å². The molecular formula is C16H24N2O3. The molecule has 1 N–H and O–H groups in total. The summed E-state index contributed by atoms with van der Waals surface area (Å²) in [6.07, 6.45) is 8.24. The lowest BCUT2D eigenvalue weighted by Gasteiger charge is -2.21. The van der Waals surface area contributed by atoms with Crippen molar-refractivity contribution in [2.75, 3.05) is 19.7 Å². The standard InChI is InChI=1S/C16H24N2O3/c19-18(20)15-6-8-16(9-7-15)21-13-12-17-11-10-14-4-2-1-3-5-14/h6-9,14,17H,1-5,10-13H2. The van der Waals surface area contributed by atoms with E-state index in [1.165, 1.54) is 50.7 Å². The van der Waals surface area contributed by atoms with E-state index in [0.29, 0.717) is 12.4 Å². The second-order valence-electron chi connectivity index (χ2n) is 5.64. The minimum atomic E-state index is -0.406. The molecule has 0 saturated heterocycles. The Bertz CT molecular complexity index is 428. The van der Waals surface area contributed by atoms with Gasteiger partial charge in [-0.2, -0.15) is 0 Å². The number of nitrogens with zero attached hydrogens (tertiary/aromatic N) is 1. The first kappa shape index (κ1) is 15.8. The molecule has 1 aromatic rings. The molecule has 1 aliphatic rings. The van der Waals surface area contributed by atoms with E-state index in [-0.39, 0.29) is 5.69 Å². The van der Waals surface area contributed by atoms with Crippen molar-refractivity contribution in [3.05, 3.63) is 34.4 Å². The molecule has 2 rings (SSSR count). The van der Waals surface area contributed by atoms with Crippen LogP contribution >= 0.6 is 0 Å². The summed E-state index contributed by atoms with van der Waals surface area (Å²) >= 11 is 0. The molecule has 0 heterocycles. The van der Waals surface area contributed by atoms with Crippen LogP contribution in [-0.2, 0) is 0 Å². The Labute approximate surface area is 125 Å². The largest absolute Gasteiger partial charge is 0.492 e. The smallest absolute Gasteiger partial charge is 0.269 e. The average Bonchev–Trinajstić information content (AvgIpc) is 2.52. The van der Waals surface area contributed by atoms with E-state index in [1.54, 1.807) is 12.1 Å². The average molecular weight is 292 g/mol. The Morgan fingerprint density at radius 3 is 2.52 bits per heavy atom. The highest BCUT2D eigenvalue weighted by Crippen LogP contribution is 2.25. The lowest BCUT2D eigenvalue weighted by molar-refractivity contribution is -0.384. The summed E-state index contributed by atoms with van der Waals surface area (Å²) in [5.41, 5.74) is 0.0907. The summed E-state index contributed by atoms with van der Waals surface area (Å²) < 4.78 is 5.55. The Balaban J connectivity index is 1.54. The van der Waals surface area contributed by atoms with Crippen LogP contribution < -0.4 is 10.1 Å². The van der Waals surface area contributed by atoms with Crippen molar-refractivity contribution in [2.45, 2.75) is 38.5 Å². The van der Waals surface area contributed by atoms with Crippen molar-refractivity contribution in [3.63, 3.8) is 0 Å². The van der Waals surface area contributed by atoms with Crippen molar-refractivity contribution >= 4 is 5.69 Å². The molecule has 0 radical (unpaired) electrons. The fraction of sp³-hybridized carbons (Fsp3) is 0.625. The summed E-state index contributed by atoms with van der Waals surface area (Å²) in [6.45, 7) is 2.44. The van der Waals surface area contributed by atoms with Crippen LogP contribution in [0.25, 0.3) is 0 Å². The van der Waals surface area contributed by atoms with Gasteiger partial charge in [0, 0.05) is 18.7 Å². The number of non-ortho nitro benzene ring substituents is 1. The van der Waals surface area contributed by atoms with Gasteiger partial charge in [-0.25, -0.2) is 0 Å². The molecule has 0 spiro atoms. The van der Waals surface area contributed by atoms with E-state index in [9.17, 15) is 10.1 Å². The van der Waals surface area contributed by atoms with Crippen LogP contribution in [0, 0.1) is 16.0 Å². The molecular weight excluding hydrogens is 268 g/mol. The SMILES string of the molecule is O=[N+]([O-])c1ccc(OCCNCCC2CCCCC2)cc1. The molecule has 1 fully saturated rings. The van der Waals surface area contributed by atoms with Crippen LogP contribution in [0.4, 0.5) is 5.69 Å². The minimum absolute atomic E-state index is 0.0907. The maximum absolute atomic E-state index is 10.5. The molecule has 0 aliphatic heterocycles. The molecule has 0 atom stereocenters. The van der Waals surface area contributed by atoms with Gasteiger partial charge in [-0.15, -0.1) is 0 Å². The second-order valence-corrected chi connectivity index (χ2v) is 5.64. The summed E-state index contributed by atoms with van der Waals surface area (Å²) in [5.74, 6) is 1.58. The minimum Gasteiger partial charge on any atom is -0.492 e. The van der Waals surface area contributed by atoms with Crippen LogP contribution in [0.3, 0.4) is 0 Å². The molecule has 116 valence electrons. The van der Waals surface area contributed by atoms with Crippen molar-refractivity contribution in [3.8, 4) is 5.75 Å². The van der Waals surface area contributed by atoms with Crippen molar-refractivity contribution in [1.29, 1.82) is 0 Å². The van der Waals surface area contributed by atoms with Gasteiger partial charge in [0.05, 0.1) is 4.92 Å². The van der Waals surface area contributed by atoms with Crippen LogP contribution in [-0.4, -0.2) is 24.6 Å². The second kappa shape index (κ2) is 8.62. The highest BCUT2D eigenvalue weighted by Gasteiger charge is 2.12. The van der Waals surface area contributed by atoms with Gasteiger partial charge in [-0.05, 0) is 31.0 Å². The Morgan fingerprint density at radius 2 is 1.86 bits per heavy atom. The maximum Gasteiger partial charge on any atom is 0.269 e. The molecule has 1 aliphatic carbocycles. The monoisotopic (exact) mass is 292 g/mol. The topological polar surface area (TPSA) is 64.4 Å². The molecule has 1 saturated carbocycles. The summed E-state index contributed by atoms with van der Waals surface area (Å²) in [4.78, 5) is 10.1. The molecule has 5 heteroatoms. The first-order valence-corrected chi connectivity index (χ1v) is 7.83. The van der Waals surface area contributed by atoms with Crippen LogP contribution in [0.2, 0.25) is 0 Å². The lowest BCUT2D eigenvalue weighted by Crippen LogP contribution is -2.24. The molecule has 0 bridgehead atoms. The summed E-state index contributed by atoms with van der Waals surface area (Å²) in [6, 6.07) is 6.21. The fourth-order valence-corrected chi connectivity index (χ4v) is 2.81. The normalized spacial score (nSPS) is 15.8. The molecule has 0 amide bonds. The number of ether oxygens (including phenoxy) is 1. The lowest BCUT2D eigenvalue weighted by atomic mass is 9.87. The van der Waals surface area contributed by atoms with Crippen molar-refractivity contribution in [2.24, 2.45) is 5.92 Å². The molecule has 1 aromatic carbocycles. The van der Waals surface area contributed by atoms with Crippen LogP contribution in [0.15, 0.2) is 24.3 Å². The Kier molecular flexibility index (Phi) is 6.47. The summed E-state index contributed by atoms with van der Waals surface area (Å²) in [5, 5.41) is 13.9. The first-order chi connectivity index (χ1) is 10.3. The molecule has 0 unspecified atom stereocenters. The van der Waals surface area contributed by atoms with E-state index in [0.717, 1.165) is 19.0 Å². The number of hydrogen-bond acceptors (Lipinski definition) is 4. The molecule has 0 aromatic heterocycles. The predicted octanol–water partition coefficient (Wildman–Crippen LogP) is 3.53. The third-order valence-corrected chi connectivity index (χ3v) is 4.05. The highest BCUT2D eigenvalue weighted by molar-refractivity contribution is 5.35. The predicted molar refractivity (Wildman–Crippen MR) is 82.7 cm³/mol. The summed E-state index contributed by atoms with van der Waals surface area (Å²) in [7, 11) is 0. The van der Waals surface area contributed by atoms with E-state index in [2.05, 4.69) is 5.32 Å². The highest BCUT2D eigenvalue weighted by atomic mass is 16.6. The number of nitrogens with one attached hydrogen (secondary N) is 1. The molecule has 5 nitrogen and oxygen atoms in total. The van der Waals surface area contributed by atoms with Gasteiger partial charge in [0.2, 0.25) is 0 Å². The van der Waals surface area contributed by atoms with E-state index in [4.69, 9.17) is 4.74 Å². The first-order valence-electron chi connectivity index (χ1n) is 7.83. The zero-order chi connectivity index (χ0) is 14.9. The van der Waals surface area contributed by atoms with Gasteiger partial charge in [-0.3, -0.25) is 10.1 Å². The van der Waals surface area contributed by atoms with Gasteiger partial charge in [0.25, 0.3) is 5.69 Å². The van der Waals surface area contributed by atoms with Gasteiger partial charge in [0.1, 0.15) is 12.4 Å². The fourth-order valence-electron chi connectivity index (χ4n) is 2.81. The van der Waals surface area contributed by atoms with Gasteiger partial charge >= 0.3 is 0 Å². The number of benzene rings is 1. The van der Waals surface area contributed by atoms with Gasteiger partial charge < -0.3 is 10.1 Å². The van der Waals surface area contributed by atoms with E-state index in [1.807, 2.05) is 0 Å². The third-order valence-electron chi connectivity index (χ3n) is 4.05. The van der Waals surface area contributed by atoms with Crippen molar-refractivity contribution in [1.82, 2.24) is 5.32 Å². The zero-order valence-electron chi connectivity index (χ0n) is 12.4. The van der Waals surface area contributed by atoms with Gasteiger partial charge in [-0.1, -0.05) is 32.1 Å². The quantitative estimate of drug-likeness (QED) is 0.452. The van der Waals surface area contributed by atoms with Crippen LogP contribution in [0.1, 0.15) is 38.5 Å². The number of rotatable bonds is 8. The Hall–Kier alpha value is -1.62. The van der Waals surface area contributed by atoms with Crippen LogP contribution in [0.5, 0.6) is 5.75 Å². The number of nitro benzene ring substituents is 1. The zero-order valence-corrected chi connectivity index (χ0v) is 12.4. The van der Waals surface area contributed by atoms with E-state index < -0.39 is 4.92 Å². The third kappa shape index (κ3) is 5.71. The maximum atomic E-state index is 10.5.